The van der Waals surface area contributed by atoms with E-state index in [9.17, 15) is 0 Å². The van der Waals surface area contributed by atoms with Gasteiger partial charge >= 0.3 is 0 Å². The highest BCUT2D eigenvalue weighted by Crippen LogP contribution is 2.55. The third kappa shape index (κ3) is 9.12. The molecule has 0 fully saturated rings. The minimum Gasteiger partial charge on any atom is -0.308 e. The Labute approximate surface area is 460 Å². The highest BCUT2D eigenvalue weighted by molar-refractivity contribution is 6.25. The lowest BCUT2D eigenvalue weighted by molar-refractivity contribution is 0.314. The van der Waals surface area contributed by atoms with Crippen LogP contribution in [0.4, 0.5) is 17.1 Å². The molecule has 1 unspecified atom stereocenters. The van der Waals surface area contributed by atoms with Gasteiger partial charge in [0.1, 0.15) is 0 Å². The number of rotatable bonds is 7. The van der Waals surface area contributed by atoms with Gasteiger partial charge in [0.05, 0.1) is 22.2 Å². The van der Waals surface area contributed by atoms with Gasteiger partial charge in [-0.25, -0.2) is 0 Å². The number of hydrogen-bond acceptors (Lipinski definition) is 1. The van der Waals surface area contributed by atoms with Gasteiger partial charge in [0.25, 0.3) is 0 Å². The summed E-state index contributed by atoms with van der Waals surface area (Å²) < 4.78 is 2.52. The summed E-state index contributed by atoms with van der Waals surface area (Å²) in [4.78, 5) is 2.48. The number of fused-ring (bicyclic) bond motifs is 11. The van der Waals surface area contributed by atoms with Gasteiger partial charge in [-0.1, -0.05) is 248 Å². The smallest absolute Gasteiger partial charge is 0.0782 e. The van der Waals surface area contributed by atoms with Gasteiger partial charge in [-0.15, -0.1) is 0 Å². The Balaban J connectivity index is 0.000000399. The van der Waals surface area contributed by atoms with E-state index in [4.69, 9.17) is 0 Å². The van der Waals surface area contributed by atoms with E-state index in [1.807, 2.05) is 13.8 Å². The average Bonchev–Trinajstić information content (AvgIpc) is 4.20. The second-order valence-corrected chi connectivity index (χ2v) is 23.4. The van der Waals surface area contributed by atoms with Crippen molar-refractivity contribution in [3.63, 3.8) is 0 Å². The van der Waals surface area contributed by atoms with Crippen LogP contribution in [0.1, 0.15) is 144 Å². The van der Waals surface area contributed by atoms with Crippen LogP contribution in [0.2, 0.25) is 0 Å². The van der Waals surface area contributed by atoms with Crippen molar-refractivity contribution in [3.8, 4) is 22.3 Å². The summed E-state index contributed by atoms with van der Waals surface area (Å²) in [7, 11) is 0. The highest BCUT2D eigenvalue weighted by Gasteiger charge is 2.40. The van der Waals surface area contributed by atoms with Crippen LogP contribution in [0, 0.1) is 11.3 Å². The van der Waals surface area contributed by atoms with Crippen molar-refractivity contribution in [2.75, 3.05) is 4.90 Å². The first-order valence-corrected chi connectivity index (χ1v) is 28.8. The van der Waals surface area contributed by atoms with Crippen molar-refractivity contribution in [2.24, 2.45) is 11.3 Å². The van der Waals surface area contributed by atoms with Crippen LogP contribution >= 0.6 is 0 Å². The van der Waals surface area contributed by atoms with Crippen LogP contribution in [0.25, 0.3) is 71.5 Å². The SMILES string of the molecule is C/C=C\C(C)C(C)(C)C.CC.CC1(C)C2=C(CCC=C2c2ccc(N(c3ccc(-c4ccc5c(c4)-c4ccccc4C5(C)C)cc3)c3cccc4c5cccc6c7ccccc7n(c34)c65)cc2)c2ccccc21.CCCC. The Hall–Kier alpha value is -7.42. The topological polar surface area (TPSA) is 7.65 Å². The fourth-order valence-electron chi connectivity index (χ4n) is 12.6. The van der Waals surface area contributed by atoms with E-state index in [0.29, 0.717) is 11.3 Å². The van der Waals surface area contributed by atoms with E-state index in [2.05, 4.69) is 280 Å². The van der Waals surface area contributed by atoms with E-state index in [1.165, 1.54) is 118 Å². The lowest BCUT2D eigenvalue weighted by Crippen LogP contribution is -2.19. The van der Waals surface area contributed by atoms with E-state index in [0.717, 1.165) is 29.9 Å². The molecule has 13 rings (SSSR count). The quantitative estimate of drug-likeness (QED) is 0.144. The van der Waals surface area contributed by atoms with Crippen molar-refractivity contribution in [3.05, 3.63) is 228 Å². The molecule has 0 spiro atoms. The molecule has 77 heavy (non-hydrogen) atoms. The third-order valence-corrected chi connectivity index (χ3v) is 17.2. The average molecular weight is 1010 g/mol. The zero-order chi connectivity index (χ0) is 54.4. The fraction of sp³-hybridized carbons (Fsp3) is 0.280. The molecule has 390 valence electrons. The number of allylic oxidation sites excluding steroid dienone is 6. The lowest BCUT2D eigenvalue weighted by Gasteiger charge is -2.30. The molecule has 3 aliphatic carbocycles. The number of aromatic nitrogens is 1. The molecule has 2 nitrogen and oxygen atoms in total. The van der Waals surface area contributed by atoms with Crippen LogP contribution in [0.5, 0.6) is 0 Å². The number of nitrogens with zero attached hydrogens (tertiary/aromatic N) is 2. The molecule has 2 aromatic heterocycles. The van der Waals surface area contributed by atoms with Crippen molar-refractivity contribution in [1.29, 1.82) is 0 Å². The van der Waals surface area contributed by atoms with Crippen molar-refractivity contribution < 1.29 is 0 Å². The van der Waals surface area contributed by atoms with E-state index < -0.39 is 0 Å². The number of benzene rings is 8. The van der Waals surface area contributed by atoms with Gasteiger partial charge in [-0.3, -0.25) is 0 Å². The van der Waals surface area contributed by atoms with Crippen LogP contribution in [0.15, 0.2) is 200 Å². The molecule has 8 aromatic carbocycles. The summed E-state index contributed by atoms with van der Waals surface area (Å²) in [5.74, 6) is 0.683. The summed E-state index contributed by atoms with van der Waals surface area (Å²) in [6.07, 6.45) is 11.7. The van der Waals surface area contributed by atoms with E-state index in [1.54, 1.807) is 0 Å². The maximum absolute atomic E-state index is 2.52. The molecule has 0 saturated carbocycles. The predicted octanol–water partition coefficient (Wildman–Crippen LogP) is 22.3. The largest absolute Gasteiger partial charge is 0.308 e. The maximum atomic E-state index is 2.52. The van der Waals surface area contributed by atoms with Crippen LogP contribution in [-0.4, -0.2) is 4.40 Å². The Bertz CT molecular complexity index is 3840. The first-order chi connectivity index (χ1) is 37.2. The molecule has 10 aromatic rings. The molecule has 0 aliphatic heterocycles. The Kier molecular flexibility index (Phi) is 14.6. The van der Waals surface area contributed by atoms with Crippen LogP contribution in [-0.2, 0) is 10.8 Å². The van der Waals surface area contributed by atoms with E-state index in [-0.39, 0.29) is 10.8 Å². The van der Waals surface area contributed by atoms with Crippen molar-refractivity contribution in [1.82, 2.24) is 4.40 Å². The van der Waals surface area contributed by atoms with Gasteiger partial charge in [-0.2, -0.15) is 0 Å². The van der Waals surface area contributed by atoms with Gasteiger partial charge in [0.15, 0.2) is 0 Å². The van der Waals surface area contributed by atoms with Crippen LogP contribution < -0.4 is 4.90 Å². The molecule has 2 heteroatoms. The Morgan fingerprint density at radius 3 is 1.69 bits per heavy atom. The maximum Gasteiger partial charge on any atom is 0.0782 e. The predicted molar refractivity (Wildman–Crippen MR) is 338 cm³/mol. The van der Waals surface area contributed by atoms with Crippen LogP contribution in [0.3, 0.4) is 0 Å². The number of hydrogen-bond donors (Lipinski definition) is 0. The summed E-state index contributed by atoms with van der Waals surface area (Å²) >= 11 is 0. The normalized spacial score (nSPS) is 15.2. The number of anilines is 3. The number of para-hydroxylation sites is 3. The zero-order valence-corrected chi connectivity index (χ0v) is 48.3. The standard InChI is InChI=1S/C60H46N2.C9H18.C4H10.C2H6/c1-59(2)51-22-8-6-15-44(51)50-36-39(30-35-53(50)59)37-26-31-40(32-27-37)61(55-25-13-21-49-48-20-12-19-47-45-16-7-10-24-54(45)62(57(47)48)58(49)55)41-33-28-38(29-34-41)42-17-11-18-46-43-14-5-9-23-52(43)60(3,4)56(42)46;1-6-7-8(2)9(3,4)5;1-3-4-2;1-2/h5-10,12-17,19-36H,11,18H2,1-4H3;6-8H,1-5H3;3-4H2,1-2H3;1-2H3/b;7-6-;;. The highest BCUT2D eigenvalue weighted by atomic mass is 15.2. The molecule has 1 atom stereocenters. The molecule has 0 bridgehead atoms. The minimum atomic E-state index is -0.0481. The first-order valence-electron chi connectivity index (χ1n) is 28.8. The second-order valence-electron chi connectivity index (χ2n) is 23.4. The molecule has 2 heterocycles. The first kappa shape index (κ1) is 53.0. The lowest BCUT2D eigenvalue weighted by atomic mass is 9.74. The zero-order valence-electron chi connectivity index (χ0n) is 48.3. The second kappa shape index (κ2) is 21.2. The minimum absolute atomic E-state index is 0.0123. The molecule has 0 saturated heterocycles. The Morgan fingerprint density at radius 2 is 1.06 bits per heavy atom. The molecule has 0 amide bonds. The van der Waals surface area contributed by atoms with Crippen molar-refractivity contribution >= 4 is 66.3 Å². The van der Waals surface area contributed by atoms with Gasteiger partial charge < -0.3 is 9.30 Å². The van der Waals surface area contributed by atoms with Gasteiger partial charge in [0, 0.05) is 43.7 Å². The van der Waals surface area contributed by atoms with Crippen molar-refractivity contribution in [2.45, 2.75) is 127 Å². The van der Waals surface area contributed by atoms with E-state index >= 15 is 0 Å². The third-order valence-electron chi connectivity index (χ3n) is 17.2. The van der Waals surface area contributed by atoms with Gasteiger partial charge in [-0.05, 0) is 140 Å². The van der Waals surface area contributed by atoms with Gasteiger partial charge in [0.2, 0.25) is 0 Å². The molecular weight excluding hydrogens is 929 g/mol. The molecular formula is C75H80N2. The summed E-state index contributed by atoms with van der Waals surface area (Å²) in [6, 6.07) is 66.2. The molecule has 3 aliphatic rings. The number of unbranched alkanes of at least 4 members (excludes halogenated alkanes) is 1. The monoisotopic (exact) mass is 1010 g/mol. The fourth-order valence-corrected chi connectivity index (χ4v) is 12.6. The summed E-state index contributed by atoms with van der Waals surface area (Å²) in [5, 5.41) is 5.14. The Morgan fingerprint density at radius 1 is 0.545 bits per heavy atom. The summed E-state index contributed by atoms with van der Waals surface area (Å²) in [5.41, 5.74) is 24.0. The molecule has 0 radical (unpaired) electrons. The summed E-state index contributed by atoms with van der Waals surface area (Å²) in [6.45, 7) is 29.0. The molecule has 0 N–H and O–H groups in total.